The number of piperidine rings is 1. The molecular weight excluding hydrogens is 391 g/mol. The average molecular weight is 412 g/mol. The summed E-state index contributed by atoms with van der Waals surface area (Å²) in [5.41, 5.74) is 5.98. The first-order chi connectivity index (χ1) is 8.86. The summed E-state index contributed by atoms with van der Waals surface area (Å²) in [7, 11) is 0. The third kappa shape index (κ3) is 6.31. The number of likely N-dealkylation sites (tertiary alicyclic amines) is 1. The van der Waals surface area contributed by atoms with Crippen LogP contribution in [0.15, 0.2) is 20.9 Å². The molecule has 1 saturated heterocycles. The molecular formula is C12H21IN4S2. The summed E-state index contributed by atoms with van der Waals surface area (Å²) in [6.07, 6.45) is 6.72. The molecule has 0 aliphatic carbocycles. The predicted octanol–water partition coefficient (Wildman–Crippen LogP) is 3.04. The van der Waals surface area contributed by atoms with Gasteiger partial charge in [0.05, 0.1) is 0 Å². The van der Waals surface area contributed by atoms with Gasteiger partial charge in [-0.1, -0.05) is 11.8 Å². The van der Waals surface area contributed by atoms with Gasteiger partial charge in [0.2, 0.25) is 0 Å². The minimum atomic E-state index is 0. The van der Waals surface area contributed by atoms with Gasteiger partial charge in [0.25, 0.3) is 0 Å². The Morgan fingerprint density at radius 1 is 1.42 bits per heavy atom. The number of thiazole rings is 1. The van der Waals surface area contributed by atoms with E-state index in [0.717, 1.165) is 42.1 Å². The molecule has 108 valence electrons. The molecule has 0 radical (unpaired) electrons. The largest absolute Gasteiger partial charge is 0.370 e. The fourth-order valence-corrected chi connectivity index (χ4v) is 3.55. The van der Waals surface area contributed by atoms with Gasteiger partial charge in [0.1, 0.15) is 4.34 Å². The van der Waals surface area contributed by atoms with Crippen LogP contribution in [0.25, 0.3) is 0 Å². The first-order valence-electron chi connectivity index (χ1n) is 6.43. The lowest BCUT2D eigenvalue weighted by molar-refractivity contribution is 0.338. The van der Waals surface area contributed by atoms with Crippen LogP contribution in [0.3, 0.4) is 0 Å². The highest BCUT2D eigenvalue weighted by Crippen LogP contribution is 2.20. The highest BCUT2D eigenvalue weighted by molar-refractivity contribution is 14.0. The van der Waals surface area contributed by atoms with E-state index in [0.29, 0.717) is 0 Å². The van der Waals surface area contributed by atoms with E-state index in [1.165, 1.54) is 19.3 Å². The molecule has 0 spiro atoms. The van der Waals surface area contributed by atoms with Crippen LogP contribution in [0.1, 0.15) is 25.7 Å². The van der Waals surface area contributed by atoms with Crippen LogP contribution in [0.2, 0.25) is 0 Å². The van der Waals surface area contributed by atoms with E-state index < -0.39 is 0 Å². The summed E-state index contributed by atoms with van der Waals surface area (Å²) >= 11 is 3.49. The molecule has 2 rings (SSSR count). The molecule has 0 unspecified atom stereocenters. The van der Waals surface area contributed by atoms with Crippen LogP contribution in [-0.2, 0) is 0 Å². The molecule has 0 amide bonds. The van der Waals surface area contributed by atoms with Crippen molar-refractivity contribution >= 4 is 53.0 Å². The van der Waals surface area contributed by atoms with Crippen LogP contribution in [-0.4, -0.2) is 41.2 Å². The van der Waals surface area contributed by atoms with E-state index in [9.17, 15) is 0 Å². The molecule has 2 N–H and O–H groups in total. The molecule has 0 saturated carbocycles. The number of nitrogens with zero attached hydrogens (tertiary/aromatic N) is 3. The molecule has 0 aromatic carbocycles. The van der Waals surface area contributed by atoms with Gasteiger partial charge in [-0.2, -0.15) is 0 Å². The van der Waals surface area contributed by atoms with Gasteiger partial charge >= 0.3 is 0 Å². The van der Waals surface area contributed by atoms with Crippen molar-refractivity contribution in [1.82, 2.24) is 9.88 Å². The molecule has 0 atom stereocenters. The molecule has 1 fully saturated rings. The number of guanidine groups is 1. The van der Waals surface area contributed by atoms with Crippen molar-refractivity contribution < 1.29 is 0 Å². The fourth-order valence-electron chi connectivity index (χ4n) is 1.92. The van der Waals surface area contributed by atoms with Gasteiger partial charge < -0.3 is 10.6 Å². The third-order valence-electron chi connectivity index (χ3n) is 2.89. The summed E-state index contributed by atoms with van der Waals surface area (Å²) in [5.74, 6) is 1.79. The summed E-state index contributed by atoms with van der Waals surface area (Å²) < 4.78 is 1.14. The van der Waals surface area contributed by atoms with Gasteiger partial charge in [0.15, 0.2) is 5.96 Å². The maximum atomic E-state index is 5.98. The monoisotopic (exact) mass is 412 g/mol. The highest BCUT2D eigenvalue weighted by atomic mass is 127. The number of hydrogen-bond donors (Lipinski definition) is 1. The number of aliphatic imine (C=N–C) groups is 1. The Kier molecular flexibility index (Phi) is 8.80. The van der Waals surface area contributed by atoms with Crippen LogP contribution >= 0.6 is 47.1 Å². The highest BCUT2D eigenvalue weighted by Gasteiger charge is 2.11. The summed E-state index contributed by atoms with van der Waals surface area (Å²) in [6.45, 7) is 2.97. The number of halogens is 1. The molecule has 4 nitrogen and oxygen atoms in total. The average Bonchev–Trinajstić information content (AvgIpc) is 2.92. The molecule has 1 aliphatic heterocycles. The second-order valence-corrected chi connectivity index (χ2v) is 6.52. The Hall–Kier alpha value is -0.0200. The van der Waals surface area contributed by atoms with Crippen molar-refractivity contribution in [2.45, 2.75) is 30.0 Å². The van der Waals surface area contributed by atoms with E-state index in [4.69, 9.17) is 5.73 Å². The predicted molar refractivity (Wildman–Crippen MR) is 94.8 cm³/mol. The maximum Gasteiger partial charge on any atom is 0.191 e. The van der Waals surface area contributed by atoms with E-state index >= 15 is 0 Å². The summed E-state index contributed by atoms with van der Waals surface area (Å²) in [6, 6.07) is 0. The molecule has 19 heavy (non-hydrogen) atoms. The minimum Gasteiger partial charge on any atom is -0.370 e. The Morgan fingerprint density at radius 2 is 2.21 bits per heavy atom. The minimum absolute atomic E-state index is 0. The van der Waals surface area contributed by atoms with E-state index in [-0.39, 0.29) is 24.0 Å². The second kappa shape index (κ2) is 9.82. The van der Waals surface area contributed by atoms with Crippen molar-refractivity contribution in [2.75, 3.05) is 25.4 Å². The zero-order valence-electron chi connectivity index (χ0n) is 11.0. The lowest BCUT2D eigenvalue weighted by atomic mass is 10.1. The standard InChI is InChI=1S/C12H20N4S2.HI/c13-11(16-7-2-1-3-8-16)14-5-4-9-17-12-15-6-10-18-12;/h6,10H,1-5,7-9H2,(H2,13,14);1H. The Labute approximate surface area is 140 Å². The summed E-state index contributed by atoms with van der Waals surface area (Å²) in [4.78, 5) is 10.9. The number of rotatable bonds is 5. The maximum absolute atomic E-state index is 5.98. The fraction of sp³-hybridized carbons (Fsp3) is 0.667. The Morgan fingerprint density at radius 3 is 2.89 bits per heavy atom. The van der Waals surface area contributed by atoms with Crippen molar-refractivity contribution in [2.24, 2.45) is 10.7 Å². The van der Waals surface area contributed by atoms with Crippen LogP contribution < -0.4 is 5.73 Å². The molecule has 1 aliphatic rings. The van der Waals surface area contributed by atoms with Gasteiger partial charge in [-0.05, 0) is 25.7 Å². The van der Waals surface area contributed by atoms with Gasteiger partial charge in [-0.3, -0.25) is 4.99 Å². The van der Waals surface area contributed by atoms with Crippen LogP contribution in [0, 0.1) is 0 Å². The number of thioether (sulfide) groups is 1. The smallest absolute Gasteiger partial charge is 0.191 e. The normalized spacial score (nSPS) is 16.2. The van der Waals surface area contributed by atoms with Gasteiger partial charge in [-0.25, -0.2) is 4.98 Å². The topological polar surface area (TPSA) is 54.5 Å². The van der Waals surface area contributed by atoms with Gasteiger partial charge in [-0.15, -0.1) is 35.3 Å². The zero-order valence-corrected chi connectivity index (χ0v) is 14.9. The van der Waals surface area contributed by atoms with E-state index in [1.54, 1.807) is 23.1 Å². The molecule has 2 heterocycles. The SMILES string of the molecule is I.NC(=NCCCSc1nccs1)N1CCCCC1. The molecule has 1 aromatic heterocycles. The third-order valence-corrected chi connectivity index (χ3v) is 4.94. The number of aromatic nitrogens is 1. The Balaban J connectivity index is 0.00000180. The van der Waals surface area contributed by atoms with Crippen LogP contribution in [0.5, 0.6) is 0 Å². The second-order valence-electron chi connectivity index (χ2n) is 4.29. The van der Waals surface area contributed by atoms with Gasteiger partial charge in [0, 0.05) is 37.0 Å². The van der Waals surface area contributed by atoms with Crippen molar-refractivity contribution in [1.29, 1.82) is 0 Å². The zero-order chi connectivity index (χ0) is 12.6. The Bertz CT molecular complexity index is 364. The van der Waals surface area contributed by atoms with Crippen LogP contribution in [0.4, 0.5) is 0 Å². The lowest BCUT2D eigenvalue weighted by Gasteiger charge is -2.27. The molecule has 0 bridgehead atoms. The lowest BCUT2D eigenvalue weighted by Crippen LogP contribution is -2.40. The molecule has 7 heteroatoms. The number of nitrogens with two attached hydrogens (primary N) is 1. The van der Waals surface area contributed by atoms with E-state index in [2.05, 4.69) is 14.9 Å². The number of hydrogen-bond acceptors (Lipinski definition) is 4. The first kappa shape index (κ1) is 17.0. The van der Waals surface area contributed by atoms with Crippen molar-refractivity contribution in [3.05, 3.63) is 11.6 Å². The van der Waals surface area contributed by atoms with Crippen molar-refractivity contribution in [3.8, 4) is 0 Å². The van der Waals surface area contributed by atoms with E-state index in [1.807, 2.05) is 11.6 Å². The molecule has 1 aromatic rings. The quantitative estimate of drug-likeness (QED) is 0.266. The summed E-state index contributed by atoms with van der Waals surface area (Å²) in [5, 5.41) is 2.01. The van der Waals surface area contributed by atoms with Crippen molar-refractivity contribution in [3.63, 3.8) is 0 Å². The first-order valence-corrected chi connectivity index (χ1v) is 8.30.